The van der Waals surface area contributed by atoms with E-state index in [4.69, 9.17) is 10.5 Å². The normalized spacial score (nSPS) is 20.4. The third kappa shape index (κ3) is 1.83. The third-order valence-corrected chi connectivity index (χ3v) is 2.93. The molecule has 1 aromatic rings. The molecule has 2 rings (SSSR count). The van der Waals surface area contributed by atoms with Gasteiger partial charge in [0.25, 0.3) is 0 Å². The summed E-state index contributed by atoms with van der Waals surface area (Å²) < 4.78 is 42.7. The van der Waals surface area contributed by atoms with Crippen LogP contribution in [0.15, 0.2) is 16.6 Å². The standard InChI is InChI=1S/C9H7BrF3NO/c10-6-2-5-4(1-7(6)14)3-15-8(5)9(11,12)13/h1-2,8H,3,14H2. The summed E-state index contributed by atoms with van der Waals surface area (Å²) in [5, 5.41) is 0. The maximum atomic E-state index is 12.5. The summed E-state index contributed by atoms with van der Waals surface area (Å²) in [6.45, 7) is -0.0447. The first-order valence-electron chi connectivity index (χ1n) is 4.15. The SMILES string of the molecule is Nc1cc2c(cc1Br)C(C(F)(F)F)OC2. The highest BCUT2D eigenvalue weighted by molar-refractivity contribution is 9.10. The van der Waals surface area contributed by atoms with Crippen molar-refractivity contribution < 1.29 is 17.9 Å². The molecule has 1 aromatic carbocycles. The van der Waals surface area contributed by atoms with Crippen LogP contribution in [-0.4, -0.2) is 6.18 Å². The lowest BCUT2D eigenvalue weighted by Gasteiger charge is -2.15. The number of ether oxygens (including phenoxy) is 1. The number of fused-ring (bicyclic) bond motifs is 1. The molecule has 0 saturated carbocycles. The summed E-state index contributed by atoms with van der Waals surface area (Å²) in [6.07, 6.45) is -6.20. The number of hydrogen-bond acceptors (Lipinski definition) is 2. The van der Waals surface area contributed by atoms with E-state index < -0.39 is 12.3 Å². The number of nitrogens with two attached hydrogens (primary N) is 1. The predicted octanol–water partition coefficient (Wildman–Crippen LogP) is 3.16. The zero-order valence-electron chi connectivity index (χ0n) is 7.44. The fourth-order valence-electron chi connectivity index (χ4n) is 1.56. The number of alkyl halides is 3. The van der Waals surface area contributed by atoms with Crippen molar-refractivity contribution >= 4 is 21.6 Å². The zero-order valence-corrected chi connectivity index (χ0v) is 9.02. The van der Waals surface area contributed by atoms with Gasteiger partial charge in [-0.2, -0.15) is 13.2 Å². The van der Waals surface area contributed by atoms with E-state index in [-0.39, 0.29) is 12.2 Å². The molecular weight excluding hydrogens is 275 g/mol. The van der Waals surface area contributed by atoms with Crippen LogP contribution in [-0.2, 0) is 11.3 Å². The van der Waals surface area contributed by atoms with Crippen LogP contribution in [0.3, 0.4) is 0 Å². The Hall–Kier alpha value is -0.750. The predicted molar refractivity (Wildman–Crippen MR) is 52.1 cm³/mol. The quantitative estimate of drug-likeness (QED) is 0.742. The highest BCUT2D eigenvalue weighted by atomic mass is 79.9. The number of nitrogen functional groups attached to an aromatic ring is 1. The van der Waals surface area contributed by atoms with Gasteiger partial charge in [0, 0.05) is 10.2 Å². The molecule has 0 radical (unpaired) electrons. The monoisotopic (exact) mass is 281 g/mol. The lowest BCUT2D eigenvalue weighted by Crippen LogP contribution is -2.19. The highest BCUT2D eigenvalue weighted by Crippen LogP contribution is 2.44. The maximum Gasteiger partial charge on any atom is 0.418 e. The van der Waals surface area contributed by atoms with Gasteiger partial charge < -0.3 is 10.5 Å². The van der Waals surface area contributed by atoms with Crippen molar-refractivity contribution in [3.05, 3.63) is 27.7 Å². The smallest absolute Gasteiger partial charge is 0.398 e. The molecule has 6 heteroatoms. The number of rotatable bonds is 0. The van der Waals surface area contributed by atoms with E-state index in [0.29, 0.717) is 15.7 Å². The van der Waals surface area contributed by atoms with Crippen molar-refractivity contribution in [1.29, 1.82) is 0 Å². The molecular formula is C9H7BrF3NO. The first-order valence-corrected chi connectivity index (χ1v) is 4.95. The fraction of sp³-hybridized carbons (Fsp3) is 0.333. The fourth-order valence-corrected chi connectivity index (χ4v) is 1.92. The Morgan fingerprint density at radius 3 is 2.67 bits per heavy atom. The van der Waals surface area contributed by atoms with Crippen LogP contribution in [0.2, 0.25) is 0 Å². The number of anilines is 1. The van der Waals surface area contributed by atoms with E-state index >= 15 is 0 Å². The Labute approximate surface area is 92.3 Å². The van der Waals surface area contributed by atoms with Gasteiger partial charge in [0.15, 0.2) is 6.10 Å². The van der Waals surface area contributed by atoms with E-state index in [9.17, 15) is 13.2 Å². The van der Waals surface area contributed by atoms with Gasteiger partial charge in [0.2, 0.25) is 0 Å². The van der Waals surface area contributed by atoms with Gasteiger partial charge in [0.05, 0.1) is 6.61 Å². The molecule has 0 aromatic heterocycles. The van der Waals surface area contributed by atoms with E-state index in [2.05, 4.69) is 15.9 Å². The summed E-state index contributed by atoms with van der Waals surface area (Å²) in [5.74, 6) is 0. The van der Waals surface area contributed by atoms with Crippen molar-refractivity contribution in [3.63, 3.8) is 0 Å². The summed E-state index contributed by atoms with van der Waals surface area (Å²) in [5.41, 5.74) is 6.62. The van der Waals surface area contributed by atoms with Gasteiger partial charge in [-0.25, -0.2) is 0 Å². The topological polar surface area (TPSA) is 35.2 Å². The molecule has 1 aliphatic rings. The Morgan fingerprint density at radius 2 is 2.07 bits per heavy atom. The number of hydrogen-bond donors (Lipinski definition) is 1. The lowest BCUT2D eigenvalue weighted by molar-refractivity contribution is -0.219. The second kappa shape index (κ2) is 3.38. The molecule has 0 fully saturated rings. The molecule has 1 unspecified atom stereocenters. The Balaban J connectivity index is 2.47. The van der Waals surface area contributed by atoms with Gasteiger partial charge in [-0.05, 0) is 39.2 Å². The zero-order chi connectivity index (χ0) is 11.2. The van der Waals surface area contributed by atoms with Crippen molar-refractivity contribution in [3.8, 4) is 0 Å². The van der Waals surface area contributed by atoms with Crippen molar-refractivity contribution in [2.24, 2.45) is 0 Å². The van der Waals surface area contributed by atoms with Gasteiger partial charge in [-0.15, -0.1) is 0 Å². The Bertz CT molecular complexity index is 405. The molecule has 1 atom stereocenters. The van der Waals surface area contributed by atoms with E-state index in [0.717, 1.165) is 0 Å². The minimum Gasteiger partial charge on any atom is -0.398 e. The van der Waals surface area contributed by atoms with Crippen LogP contribution in [0.25, 0.3) is 0 Å². The van der Waals surface area contributed by atoms with Crippen LogP contribution < -0.4 is 5.73 Å². The molecule has 2 nitrogen and oxygen atoms in total. The summed E-state index contributed by atoms with van der Waals surface area (Å²) in [6, 6.07) is 2.88. The minimum atomic E-state index is -4.37. The molecule has 2 N–H and O–H groups in total. The molecule has 0 saturated heterocycles. The molecule has 1 heterocycles. The van der Waals surface area contributed by atoms with Gasteiger partial charge in [-0.3, -0.25) is 0 Å². The summed E-state index contributed by atoms with van der Waals surface area (Å²) in [7, 11) is 0. The first kappa shape index (κ1) is 10.8. The van der Waals surface area contributed by atoms with Gasteiger partial charge >= 0.3 is 6.18 Å². The van der Waals surface area contributed by atoms with E-state index in [1.807, 2.05) is 0 Å². The number of halogens is 4. The Morgan fingerprint density at radius 1 is 1.40 bits per heavy atom. The maximum absolute atomic E-state index is 12.5. The average molecular weight is 282 g/mol. The molecule has 0 spiro atoms. The summed E-state index contributed by atoms with van der Waals surface area (Å²) in [4.78, 5) is 0. The molecule has 0 bridgehead atoms. The van der Waals surface area contributed by atoms with E-state index in [1.54, 1.807) is 0 Å². The average Bonchev–Trinajstić information content (AvgIpc) is 2.47. The minimum absolute atomic E-state index is 0.0447. The lowest BCUT2D eigenvalue weighted by atomic mass is 10.0. The summed E-state index contributed by atoms with van der Waals surface area (Å²) >= 11 is 3.10. The molecule has 0 aliphatic carbocycles. The van der Waals surface area contributed by atoms with Crippen molar-refractivity contribution in [1.82, 2.24) is 0 Å². The largest absolute Gasteiger partial charge is 0.418 e. The number of benzene rings is 1. The van der Waals surface area contributed by atoms with Crippen LogP contribution in [0.4, 0.5) is 18.9 Å². The molecule has 82 valence electrons. The second-order valence-corrected chi connectivity index (χ2v) is 4.16. The molecule has 1 aliphatic heterocycles. The Kier molecular flexibility index (Phi) is 2.42. The molecule has 15 heavy (non-hydrogen) atoms. The van der Waals surface area contributed by atoms with E-state index in [1.165, 1.54) is 12.1 Å². The van der Waals surface area contributed by atoms with Crippen molar-refractivity contribution in [2.45, 2.75) is 18.9 Å². The van der Waals surface area contributed by atoms with Crippen LogP contribution in [0, 0.1) is 0 Å². The molecule has 0 amide bonds. The second-order valence-electron chi connectivity index (χ2n) is 3.31. The van der Waals surface area contributed by atoms with Crippen LogP contribution in [0.1, 0.15) is 17.2 Å². The third-order valence-electron chi connectivity index (χ3n) is 2.24. The van der Waals surface area contributed by atoms with Gasteiger partial charge in [0.1, 0.15) is 0 Å². The van der Waals surface area contributed by atoms with Crippen LogP contribution in [0.5, 0.6) is 0 Å². The van der Waals surface area contributed by atoms with Crippen LogP contribution >= 0.6 is 15.9 Å². The van der Waals surface area contributed by atoms with Gasteiger partial charge in [-0.1, -0.05) is 0 Å². The van der Waals surface area contributed by atoms with Crippen molar-refractivity contribution in [2.75, 3.05) is 5.73 Å². The first-order chi connectivity index (χ1) is 6.89. The highest BCUT2D eigenvalue weighted by Gasteiger charge is 2.45.